The molecule has 1 aliphatic rings. The van der Waals surface area contributed by atoms with E-state index in [1.165, 1.54) is 0 Å². The van der Waals surface area contributed by atoms with Crippen molar-refractivity contribution in [1.82, 2.24) is 0 Å². The third-order valence-electron chi connectivity index (χ3n) is 1.39. The Morgan fingerprint density at radius 2 is 2.00 bits per heavy atom. The molecule has 2 nitrogen and oxygen atoms in total. The van der Waals surface area contributed by atoms with E-state index in [1.54, 1.807) is 0 Å². The Kier molecular flexibility index (Phi) is 2.73. The summed E-state index contributed by atoms with van der Waals surface area (Å²) in [5.74, 6) is 0. The second-order valence-corrected chi connectivity index (χ2v) is 3.52. The van der Waals surface area contributed by atoms with Crippen LogP contribution in [-0.2, 0) is 9.47 Å². The van der Waals surface area contributed by atoms with E-state index >= 15 is 0 Å². The molecular weight excluding hydrogens is 231 g/mol. The molecule has 0 aliphatic carbocycles. The summed E-state index contributed by atoms with van der Waals surface area (Å²) < 4.78 is 11.4. The molecule has 0 spiro atoms. The van der Waals surface area contributed by atoms with Gasteiger partial charge in [-0.25, -0.2) is 0 Å². The lowest BCUT2D eigenvalue weighted by molar-refractivity contribution is -0.150. The number of alkyl halides is 1. The number of hydrogen-bond acceptors (Lipinski definition) is 2. The molecule has 9 heavy (non-hydrogen) atoms. The van der Waals surface area contributed by atoms with Crippen molar-refractivity contribution in [3.63, 3.8) is 0 Å². The lowest BCUT2D eigenvalue weighted by Gasteiger charge is -2.30. The third kappa shape index (κ3) is 2.05. The fourth-order valence-electron chi connectivity index (χ4n) is 0.754. The van der Waals surface area contributed by atoms with Crippen LogP contribution in [0.5, 0.6) is 0 Å². The summed E-state index contributed by atoms with van der Waals surface area (Å²) in [5, 5.41) is 0. The smallest absolute Gasteiger partial charge is 0.146 e. The van der Waals surface area contributed by atoms with Gasteiger partial charge in [0.25, 0.3) is 0 Å². The van der Waals surface area contributed by atoms with Gasteiger partial charge in [0.15, 0.2) is 0 Å². The molecule has 0 unspecified atom stereocenters. The van der Waals surface area contributed by atoms with E-state index in [0.717, 1.165) is 17.6 Å². The van der Waals surface area contributed by atoms with E-state index < -0.39 is 0 Å². The summed E-state index contributed by atoms with van der Waals surface area (Å²) in [5.41, 5.74) is 0.263. The molecule has 0 radical (unpaired) electrons. The van der Waals surface area contributed by atoms with Crippen molar-refractivity contribution in [2.24, 2.45) is 5.41 Å². The highest BCUT2D eigenvalue weighted by Crippen LogP contribution is 2.23. The largest absolute Gasteiger partial charge is 0.355 e. The Labute approximate surface area is 69.0 Å². The number of hydrogen-bond donors (Lipinski definition) is 0. The summed E-state index contributed by atoms with van der Waals surface area (Å²) in [6, 6.07) is 0. The minimum Gasteiger partial charge on any atom is -0.355 e. The van der Waals surface area contributed by atoms with Gasteiger partial charge in [-0.05, 0) is 0 Å². The van der Waals surface area contributed by atoms with E-state index in [0.29, 0.717) is 6.79 Å². The molecule has 1 aliphatic heterocycles. The molecule has 0 aromatic heterocycles. The molecular formula is C6H11IO2. The van der Waals surface area contributed by atoms with Crippen molar-refractivity contribution in [3.8, 4) is 0 Å². The van der Waals surface area contributed by atoms with E-state index in [2.05, 4.69) is 29.5 Å². The van der Waals surface area contributed by atoms with Crippen molar-refractivity contribution in [1.29, 1.82) is 0 Å². The first-order chi connectivity index (χ1) is 4.27. The molecule has 1 rings (SSSR count). The minimum absolute atomic E-state index is 0.263. The fraction of sp³-hybridized carbons (Fsp3) is 1.00. The maximum Gasteiger partial charge on any atom is 0.146 e. The van der Waals surface area contributed by atoms with Crippen molar-refractivity contribution < 1.29 is 9.47 Å². The zero-order chi connectivity index (χ0) is 6.74. The van der Waals surface area contributed by atoms with Crippen molar-refractivity contribution in [2.45, 2.75) is 6.92 Å². The fourth-order valence-corrected chi connectivity index (χ4v) is 1.19. The SMILES string of the molecule is CC1(CI)COCOC1. The minimum atomic E-state index is 0.263. The Morgan fingerprint density at radius 1 is 1.44 bits per heavy atom. The van der Waals surface area contributed by atoms with Crippen LogP contribution in [0.25, 0.3) is 0 Å². The van der Waals surface area contributed by atoms with Gasteiger partial charge in [0.2, 0.25) is 0 Å². The second-order valence-electron chi connectivity index (χ2n) is 2.76. The summed E-state index contributed by atoms with van der Waals surface area (Å²) >= 11 is 2.36. The summed E-state index contributed by atoms with van der Waals surface area (Å²) in [6.07, 6.45) is 0. The Bertz CT molecular complexity index is 89.1. The van der Waals surface area contributed by atoms with Crippen LogP contribution in [0.2, 0.25) is 0 Å². The van der Waals surface area contributed by atoms with Gasteiger partial charge in [-0.15, -0.1) is 0 Å². The second kappa shape index (κ2) is 3.16. The predicted molar refractivity (Wildman–Crippen MR) is 43.8 cm³/mol. The quantitative estimate of drug-likeness (QED) is 0.511. The lowest BCUT2D eigenvalue weighted by atomic mass is 9.96. The first kappa shape index (κ1) is 7.75. The first-order valence-electron chi connectivity index (χ1n) is 2.98. The van der Waals surface area contributed by atoms with Crippen LogP contribution in [0.15, 0.2) is 0 Å². The van der Waals surface area contributed by atoms with Crippen molar-refractivity contribution >= 4 is 22.6 Å². The average Bonchev–Trinajstić information content (AvgIpc) is 1.90. The van der Waals surface area contributed by atoms with E-state index in [4.69, 9.17) is 9.47 Å². The molecule has 0 atom stereocenters. The highest BCUT2D eigenvalue weighted by Gasteiger charge is 2.26. The average molecular weight is 242 g/mol. The van der Waals surface area contributed by atoms with Crippen molar-refractivity contribution in [3.05, 3.63) is 0 Å². The molecule has 0 amide bonds. The standard InChI is InChI=1S/C6H11IO2/c1-6(2-7)3-8-5-9-4-6/h2-5H2,1H3. The lowest BCUT2D eigenvalue weighted by Crippen LogP contribution is -2.35. The summed E-state index contributed by atoms with van der Waals surface area (Å²) in [6.45, 7) is 4.34. The van der Waals surface area contributed by atoms with Gasteiger partial charge in [-0.3, -0.25) is 0 Å². The molecule has 0 N–H and O–H groups in total. The van der Waals surface area contributed by atoms with Crippen LogP contribution < -0.4 is 0 Å². The van der Waals surface area contributed by atoms with Crippen LogP contribution in [0.3, 0.4) is 0 Å². The maximum atomic E-state index is 5.15. The maximum absolute atomic E-state index is 5.15. The third-order valence-corrected chi connectivity index (χ3v) is 3.23. The van der Waals surface area contributed by atoms with Crippen LogP contribution >= 0.6 is 22.6 Å². The molecule has 0 saturated carbocycles. The Hall–Kier alpha value is 0.650. The highest BCUT2D eigenvalue weighted by atomic mass is 127. The van der Waals surface area contributed by atoms with Crippen LogP contribution in [-0.4, -0.2) is 24.4 Å². The number of halogens is 1. The van der Waals surface area contributed by atoms with Gasteiger partial charge in [-0.1, -0.05) is 29.5 Å². The van der Waals surface area contributed by atoms with E-state index in [9.17, 15) is 0 Å². The molecule has 0 aromatic rings. The molecule has 1 fully saturated rings. The van der Waals surface area contributed by atoms with Crippen LogP contribution in [0.1, 0.15) is 6.92 Å². The topological polar surface area (TPSA) is 18.5 Å². The normalized spacial score (nSPS) is 26.0. The zero-order valence-electron chi connectivity index (χ0n) is 5.52. The number of rotatable bonds is 1. The molecule has 54 valence electrons. The Morgan fingerprint density at radius 3 is 2.33 bits per heavy atom. The molecule has 0 aromatic carbocycles. The van der Waals surface area contributed by atoms with Gasteiger partial charge in [0, 0.05) is 9.84 Å². The molecule has 3 heteroatoms. The van der Waals surface area contributed by atoms with Gasteiger partial charge in [-0.2, -0.15) is 0 Å². The highest BCUT2D eigenvalue weighted by molar-refractivity contribution is 14.1. The zero-order valence-corrected chi connectivity index (χ0v) is 7.68. The van der Waals surface area contributed by atoms with Crippen molar-refractivity contribution in [2.75, 3.05) is 24.4 Å². The van der Waals surface area contributed by atoms with Gasteiger partial charge < -0.3 is 9.47 Å². The van der Waals surface area contributed by atoms with Gasteiger partial charge in [0.1, 0.15) is 6.79 Å². The predicted octanol–water partition coefficient (Wildman–Crippen LogP) is 1.43. The first-order valence-corrected chi connectivity index (χ1v) is 4.51. The van der Waals surface area contributed by atoms with Gasteiger partial charge >= 0.3 is 0 Å². The van der Waals surface area contributed by atoms with Gasteiger partial charge in [0.05, 0.1) is 13.2 Å². The van der Waals surface area contributed by atoms with Crippen LogP contribution in [0.4, 0.5) is 0 Å². The molecule has 1 saturated heterocycles. The summed E-state index contributed by atoms with van der Waals surface area (Å²) in [7, 11) is 0. The monoisotopic (exact) mass is 242 g/mol. The van der Waals surface area contributed by atoms with Crippen LogP contribution in [0, 0.1) is 5.41 Å². The summed E-state index contributed by atoms with van der Waals surface area (Å²) in [4.78, 5) is 0. The Balaban J connectivity index is 2.37. The number of ether oxygens (including phenoxy) is 2. The van der Waals surface area contributed by atoms with E-state index in [1.807, 2.05) is 0 Å². The molecule has 1 heterocycles. The van der Waals surface area contributed by atoms with E-state index in [-0.39, 0.29) is 5.41 Å². The molecule has 0 bridgehead atoms.